The number of carbonyl (C=O) groups excluding carboxylic acids is 1. The van der Waals surface area contributed by atoms with E-state index in [1.165, 1.54) is 18.2 Å². The van der Waals surface area contributed by atoms with Crippen LogP contribution < -0.4 is 11.3 Å². The fraction of sp³-hybridized carbons (Fsp3) is 0. The lowest BCUT2D eigenvalue weighted by Crippen LogP contribution is -2.10. The third-order valence-corrected chi connectivity index (χ3v) is 1.55. The Morgan fingerprint density at radius 2 is 2.23 bits per heavy atom. The van der Waals surface area contributed by atoms with Crippen LogP contribution in [0.4, 0.5) is 11.4 Å². The Hall–Kier alpha value is -1.95. The largest absolute Gasteiger partial charge is 0.323 e. The molecule has 0 aliphatic rings. The van der Waals surface area contributed by atoms with Crippen LogP contribution in [0.2, 0.25) is 0 Å². The lowest BCUT2D eigenvalue weighted by atomic mass is 10.1. The number of rotatable bonds is 3. The van der Waals surface area contributed by atoms with E-state index in [1.807, 2.05) is 0 Å². The molecule has 0 amide bonds. The molecule has 0 unspecified atom stereocenters. The highest BCUT2D eigenvalue weighted by Crippen LogP contribution is 2.23. The first-order valence-electron chi connectivity index (χ1n) is 3.40. The number of hydrogen-bond donors (Lipinski definition) is 2. The number of nitrogens with zero attached hydrogens (tertiary/aromatic N) is 1. The molecule has 0 bridgehead atoms. The fourth-order valence-electron chi connectivity index (χ4n) is 0.962. The zero-order valence-electron chi connectivity index (χ0n) is 6.56. The summed E-state index contributed by atoms with van der Waals surface area (Å²) in [4.78, 5) is 20.3. The molecule has 0 fully saturated rings. The van der Waals surface area contributed by atoms with Crippen molar-refractivity contribution in [3.05, 3.63) is 33.9 Å². The van der Waals surface area contributed by atoms with Crippen LogP contribution in [-0.4, -0.2) is 11.2 Å². The summed E-state index contributed by atoms with van der Waals surface area (Å²) in [5.74, 6) is 5.06. The van der Waals surface area contributed by atoms with E-state index in [9.17, 15) is 14.9 Å². The third kappa shape index (κ3) is 1.62. The molecule has 0 aliphatic carbocycles. The molecule has 0 heterocycles. The van der Waals surface area contributed by atoms with E-state index < -0.39 is 4.92 Å². The van der Waals surface area contributed by atoms with Crippen LogP contribution in [0.5, 0.6) is 0 Å². The van der Waals surface area contributed by atoms with E-state index >= 15 is 0 Å². The molecular formula is C7H7N3O3. The van der Waals surface area contributed by atoms with Crippen LogP contribution in [-0.2, 0) is 0 Å². The molecule has 13 heavy (non-hydrogen) atoms. The molecular weight excluding hydrogens is 174 g/mol. The normalized spacial score (nSPS) is 9.31. The van der Waals surface area contributed by atoms with Gasteiger partial charge in [-0.3, -0.25) is 20.8 Å². The van der Waals surface area contributed by atoms with Gasteiger partial charge in [-0.2, -0.15) is 0 Å². The van der Waals surface area contributed by atoms with Gasteiger partial charge in [-0.15, -0.1) is 0 Å². The Morgan fingerprint density at radius 3 is 2.69 bits per heavy atom. The number of benzene rings is 1. The van der Waals surface area contributed by atoms with Gasteiger partial charge >= 0.3 is 0 Å². The number of hydrogen-bond acceptors (Lipinski definition) is 5. The van der Waals surface area contributed by atoms with Crippen LogP contribution in [0.15, 0.2) is 18.2 Å². The van der Waals surface area contributed by atoms with E-state index in [1.54, 1.807) is 0 Å². The number of nitrogens with one attached hydrogen (secondary N) is 1. The fourth-order valence-corrected chi connectivity index (χ4v) is 0.962. The Bertz CT molecular complexity index is 351. The molecule has 0 aliphatic heterocycles. The molecule has 1 rings (SSSR count). The quantitative estimate of drug-likeness (QED) is 0.309. The maximum absolute atomic E-state index is 10.5. The van der Waals surface area contributed by atoms with Crippen molar-refractivity contribution < 1.29 is 9.72 Å². The van der Waals surface area contributed by atoms with Gasteiger partial charge in [0.15, 0.2) is 6.29 Å². The molecule has 0 aromatic heterocycles. The van der Waals surface area contributed by atoms with E-state index in [-0.39, 0.29) is 16.9 Å². The zero-order chi connectivity index (χ0) is 9.84. The van der Waals surface area contributed by atoms with Crippen molar-refractivity contribution >= 4 is 17.7 Å². The van der Waals surface area contributed by atoms with Crippen molar-refractivity contribution in [3.63, 3.8) is 0 Å². The van der Waals surface area contributed by atoms with Crippen LogP contribution in [0.25, 0.3) is 0 Å². The van der Waals surface area contributed by atoms with Crippen LogP contribution in [0, 0.1) is 10.1 Å². The van der Waals surface area contributed by atoms with Gasteiger partial charge in [0.2, 0.25) is 0 Å². The van der Waals surface area contributed by atoms with Crippen molar-refractivity contribution in [1.82, 2.24) is 0 Å². The summed E-state index contributed by atoms with van der Waals surface area (Å²) in [5, 5.41) is 10.4. The second kappa shape index (κ2) is 3.63. The van der Waals surface area contributed by atoms with E-state index in [4.69, 9.17) is 5.84 Å². The zero-order valence-corrected chi connectivity index (χ0v) is 6.56. The van der Waals surface area contributed by atoms with Crippen molar-refractivity contribution in [2.45, 2.75) is 0 Å². The first-order valence-corrected chi connectivity index (χ1v) is 3.40. The molecule has 6 heteroatoms. The van der Waals surface area contributed by atoms with Gasteiger partial charge in [-0.05, 0) is 6.07 Å². The second-order valence-electron chi connectivity index (χ2n) is 2.26. The average molecular weight is 181 g/mol. The Kier molecular flexibility index (Phi) is 2.56. The topological polar surface area (TPSA) is 98.3 Å². The Morgan fingerprint density at radius 1 is 1.54 bits per heavy atom. The average Bonchev–Trinajstić information content (AvgIpc) is 2.16. The maximum Gasteiger partial charge on any atom is 0.282 e. The minimum Gasteiger partial charge on any atom is -0.323 e. The highest BCUT2D eigenvalue weighted by atomic mass is 16.6. The molecule has 0 saturated carbocycles. The van der Waals surface area contributed by atoms with Crippen LogP contribution in [0.3, 0.4) is 0 Å². The molecule has 0 saturated heterocycles. The van der Waals surface area contributed by atoms with E-state index in [0.29, 0.717) is 6.29 Å². The predicted octanol–water partition coefficient (Wildman–Crippen LogP) is 0.693. The van der Waals surface area contributed by atoms with E-state index in [0.717, 1.165) is 0 Å². The number of nitrogen functional groups attached to an aromatic ring is 1. The van der Waals surface area contributed by atoms with Gasteiger partial charge in [-0.1, -0.05) is 6.07 Å². The number of aldehydes is 1. The number of nitro groups is 1. The van der Waals surface area contributed by atoms with Crippen LogP contribution in [0.1, 0.15) is 10.4 Å². The summed E-state index contributed by atoms with van der Waals surface area (Å²) < 4.78 is 0. The predicted molar refractivity (Wildman–Crippen MR) is 46.3 cm³/mol. The molecule has 0 radical (unpaired) electrons. The van der Waals surface area contributed by atoms with Crippen molar-refractivity contribution in [2.24, 2.45) is 5.84 Å². The number of anilines is 1. The molecule has 6 nitrogen and oxygen atoms in total. The standard InChI is InChI=1S/C7H7N3O3/c8-9-6-2-1-3-7(10(12)13)5(6)4-11/h1-4,9H,8H2. The minimum atomic E-state index is -0.634. The SMILES string of the molecule is NNc1cccc([N+](=O)[O-])c1C=O. The minimum absolute atomic E-state index is 0.0463. The lowest BCUT2D eigenvalue weighted by Gasteiger charge is -2.02. The van der Waals surface area contributed by atoms with Crippen molar-refractivity contribution in [3.8, 4) is 0 Å². The summed E-state index contributed by atoms with van der Waals surface area (Å²) >= 11 is 0. The highest BCUT2D eigenvalue weighted by Gasteiger charge is 2.15. The Labute approximate surface area is 73.5 Å². The van der Waals surface area contributed by atoms with Crippen molar-refractivity contribution in [1.29, 1.82) is 0 Å². The molecule has 68 valence electrons. The summed E-state index contributed by atoms with van der Waals surface area (Å²) in [7, 11) is 0. The summed E-state index contributed by atoms with van der Waals surface area (Å²) in [6.07, 6.45) is 0.396. The van der Waals surface area contributed by atoms with Gasteiger partial charge in [0, 0.05) is 6.07 Å². The van der Waals surface area contributed by atoms with Gasteiger partial charge in [0.05, 0.1) is 10.6 Å². The molecule has 1 aromatic carbocycles. The summed E-state index contributed by atoms with van der Waals surface area (Å²) in [5.41, 5.74) is 2.14. The monoisotopic (exact) mass is 181 g/mol. The van der Waals surface area contributed by atoms with Crippen LogP contribution >= 0.6 is 0 Å². The molecule has 0 atom stereocenters. The summed E-state index contributed by atoms with van der Waals surface area (Å²) in [6.45, 7) is 0. The van der Waals surface area contributed by atoms with Gasteiger partial charge in [0.25, 0.3) is 5.69 Å². The second-order valence-corrected chi connectivity index (χ2v) is 2.26. The first-order chi connectivity index (χ1) is 6.20. The van der Waals surface area contributed by atoms with Crippen molar-refractivity contribution in [2.75, 3.05) is 5.43 Å². The van der Waals surface area contributed by atoms with Gasteiger partial charge in [-0.25, -0.2) is 0 Å². The first kappa shape index (κ1) is 9.14. The molecule has 1 aromatic rings. The molecule has 0 spiro atoms. The van der Waals surface area contributed by atoms with E-state index in [2.05, 4.69) is 5.43 Å². The summed E-state index contributed by atoms with van der Waals surface area (Å²) in [6, 6.07) is 4.17. The lowest BCUT2D eigenvalue weighted by molar-refractivity contribution is -0.385. The molecule has 3 N–H and O–H groups in total. The smallest absolute Gasteiger partial charge is 0.282 e. The van der Waals surface area contributed by atoms with Gasteiger partial charge in [0.1, 0.15) is 5.56 Å². The maximum atomic E-state index is 10.5. The number of nitro benzene ring substituents is 1. The highest BCUT2D eigenvalue weighted by molar-refractivity contribution is 5.89. The van der Waals surface area contributed by atoms with Gasteiger partial charge < -0.3 is 5.43 Å². The number of nitrogens with two attached hydrogens (primary N) is 1. The Balaban J connectivity index is 3.35. The number of hydrazine groups is 1. The number of carbonyl (C=O) groups is 1. The third-order valence-electron chi connectivity index (χ3n) is 1.55.